The second-order valence-electron chi connectivity index (χ2n) is 9.71. The Balaban J connectivity index is 1.56. The lowest BCUT2D eigenvalue weighted by Crippen LogP contribution is -2.39. The maximum absolute atomic E-state index is 14.1. The van der Waals surface area contributed by atoms with Crippen molar-refractivity contribution in [1.29, 1.82) is 0 Å². The highest BCUT2D eigenvalue weighted by atomic mass is 32.2. The highest BCUT2D eigenvalue weighted by Gasteiger charge is 2.48. The number of Topliss-reactive ketones (excluding diaryl/α,β-unsaturated/α-hetero) is 1. The summed E-state index contributed by atoms with van der Waals surface area (Å²) in [5.41, 5.74) is 0.787. The fourth-order valence-electron chi connectivity index (χ4n) is 5.04. The molecular formula is C30H28F2N2O6S. The molecule has 0 spiro atoms. The lowest BCUT2D eigenvalue weighted by Gasteiger charge is -2.30. The molecule has 1 aliphatic rings. The van der Waals surface area contributed by atoms with Crippen LogP contribution in [0.1, 0.15) is 36.6 Å². The summed E-state index contributed by atoms with van der Waals surface area (Å²) in [6.07, 6.45) is 2.62. The number of ketones is 1. The van der Waals surface area contributed by atoms with Crippen LogP contribution in [-0.4, -0.2) is 43.1 Å². The second-order valence-corrected chi connectivity index (χ2v) is 11.7. The third kappa shape index (κ3) is 5.77. The normalized spacial score (nSPS) is 17.2. The molecule has 1 saturated heterocycles. The summed E-state index contributed by atoms with van der Waals surface area (Å²) < 4.78 is 70.0. The first kappa shape index (κ1) is 28.6. The Hall–Kier alpha value is -3.96. The molecule has 0 saturated carbocycles. The first-order valence-corrected chi connectivity index (χ1v) is 14.8. The van der Waals surface area contributed by atoms with E-state index in [4.69, 9.17) is 9.47 Å². The number of alkyl halides is 2. The monoisotopic (exact) mass is 582 g/mol. The minimum Gasteiger partial charge on any atom is -0.451 e. The number of aryl methyl sites for hydroxylation is 2. The van der Waals surface area contributed by atoms with Crippen molar-refractivity contribution in [3.63, 3.8) is 0 Å². The number of carbonyl (C=O) groups is 1. The number of sulfone groups is 1. The predicted molar refractivity (Wildman–Crippen MR) is 147 cm³/mol. The molecule has 0 N–H and O–H groups in total. The maximum atomic E-state index is 14.1. The number of fused-ring (bicyclic) bond motifs is 1. The lowest BCUT2D eigenvalue weighted by atomic mass is 9.85. The summed E-state index contributed by atoms with van der Waals surface area (Å²) in [4.78, 5) is 22.3. The molecule has 1 atom stereocenters. The average Bonchev–Trinajstić information content (AvgIpc) is 3.45. The topological polar surface area (TPSA) is 105 Å². The van der Waals surface area contributed by atoms with E-state index in [1.54, 1.807) is 42.5 Å². The van der Waals surface area contributed by atoms with Crippen LogP contribution in [0.5, 0.6) is 17.4 Å². The molecule has 214 valence electrons. The van der Waals surface area contributed by atoms with Crippen molar-refractivity contribution in [1.82, 2.24) is 9.97 Å². The quantitative estimate of drug-likeness (QED) is 0.226. The number of pyridine rings is 2. The van der Waals surface area contributed by atoms with Gasteiger partial charge >= 0.3 is 6.61 Å². The van der Waals surface area contributed by atoms with Gasteiger partial charge in [0, 0.05) is 29.4 Å². The number of halogens is 2. The number of benzene rings is 2. The first-order valence-electron chi connectivity index (χ1n) is 13.1. The highest BCUT2D eigenvalue weighted by Crippen LogP contribution is 2.45. The molecule has 0 bridgehead atoms. The van der Waals surface area contributed by atoms with Crippen molar-refractivity contribution in [3.05, 3.63) is 83.7 Å². The van der Waals surface area contributed by atoms with Gasteiger partial charge in [-0.15, -0.1) is 0 Å². The summed E-state index contributed by atoms with van der Waals surface area (Å²) in [7, 11) is -4.11. The molecule has 5 rings (SSSR count). The summed E-state index contributed by atoms with van der Waals surface area (Å²) in [6, 6.07) is 16.2. The van der Waals surface area contributed by atoms with Gasteiger partial charge in [-0.25, -0.2) is 13.4 Å². The SMILES string of the molecule is CCc1ccc(Oc2cccnc2OC(F)F)c([C@@]2(C(=O)CS(=O)(=O)c3cccc4nc(C)ccc34)CCCO2)c1. The van der Waals surface area contributed by atoms with Crippen LogP contribution in [0.25, 0.3) is 10.9 Å². The van der Waals surface area contributed by atoms with Crippen LogP contribution in [0.2, 0.25) is 0 Å². The van der Waals surface area contributed by atoms with Gasteiger partial charge < -0.3 is 14.2 Å². The van der Waals surface area contributed by atoms with E-state index in [9.17, 15) is 22.0 Å². The van der Waals surface area contributed by atoms with Crippen molar-refractivity contribution >= 4 is 26.5 Å². The Morgan fingerprint density at radius 3 is 2.66 bits per heavy atom. The number of nitrogens with zero attached hydrogens (tertiary/aromatic N) is 2. The Morgan fingerprint density at radius 2 is 1.93 bits per heavy atom. The minimum atomic E-state index is -4.11. The van der Waals surface area contributed by atoms with Crippen molar-refractivity contribution in [3.8, 4) is 17.4 Å². The van der Waals surface area contributed by atoms with Gasteiger partial charge in [-0.2, -0.15) is 8.78 Å². The van der Waals surface area contributed by atoms with Crippen LogP contribution in [0.15, 0.2) is 71.8 Å². The molecule has 41 heavy (non-hydrogen) atoms. The van der Waals surface area contributed by atoms with Crippen molar-refractivity contribution < 1.29 is 36.2 Å². The van der Waals surface area contributed by atoms with Crippen LogP contribution in [0.4, 0.5) is 8.78 Å². The van der Waals surface area contributed by atoms with Gasteiger partial charge in [-0.05, 0) is 80.3 Å². The zero-order valence-corrected chi connectivity index (χ0v) is 23.3. The summed E-state index contributed by atoms with van der Waals surface area (Å²) in [6.45, 7) is 0.841. The van der Waals surface area contributed by atoms with E-state index < -0.39 is 39.5 Å². The molecule has 3 heterocycles. The first-order chi connectivity index (χ1) is 19.6. The van der Waals surface area contributed by atoms with Gasteiger partial charge in [0.1, 0.15) is 11.5 Å². The zero-order valence-electron chi connectivity index (χ0n) is 22.5. The Bertz CT molecular complexity index is 1700. The molecule has 11 heteroatoms. The van der Waals surface area contributed by atoms with E-state index in [1.807, 2.05) is 13.8 Å². The molecule has 1 aliphatic heterocycles. The van der Waals surface area contributed by atoms with Crippen LogP contribution in [-0.2, 0) is 31.4 Å². The molecule has 0 radical (unpaired) electrons. The summed E-state index contributed by atoms with van der Waals surface area (Å²) >= 11 is 0. The van der Waals surface area contributed by atoms with Gasteiger partial charge in [0.15, 0.2) is 27.0 Å². The molecule has 1 fully saturated rings. The van der Waals surface area contributed by atoms with Crippen LogP contribution in [0, 0.1) is 6.92 Å². The molecule has 2 aromatic carbocycles. The number of aromatic nitrogens is 2. The van der Waals surface area contributed by atoms with Gasteiger partial charge in [-0.1, -0.05) is 19.1 Å². The third-order valence-corrected chi connectivity index (χ3v) is 8.67. The smallest absolute Gasteiger partial charge is 0.388 e. The van der Waals surface area contributed by atoms with Gasteiger partial charge in [0.25, 0.3) is 5.88 Å². The molecule has 0 unspecified atom stereocenters. The highest BCUT2D eigenvalue weighted by molar-refractivity contribution is 7.92. The Labute approximate surface area is 236 Å². The van der Waals surface area contributed by atoms with Crippen LogP contribution < -0.4 is 9.47 Å². The van der Waals surface area contributed by atoms with Crippen LogP contribution >= 0.6 is 0 Å². The van der Waals surface area contributed by atoms with Crippen molar-refractivity contribution in [2.45, 2.75) is 50.2 Å². The Kier molecular flexibility index (Phi) is 8.01. The summed E-state index contributed by atoms with van der Waals surface area (Å²) in [5.74, 6) is -1.84. The van der Waals surface area contributed by atoms with Gasteiger partial charge in [0.2, 0.25) is 0 Å². The fraction of sp³-hybridized carbons (Fsp3) is 0.300. The number of hydrogen-bond acceptors (Lipinski definition) is 8. The number of rotatable bonds is 10. The van der Waals surface area contributed by atoms with E-state index in [-0.39, 0.29) is 29.4 Å². The molecule has 0 amide bonds. The molecule has 0 aliphatic carbocycles. The zero-order chi connectivity index (χ0) is 29.2. The molecule has 2 aromatic heterocycles. The van der Waals surface area contributed by atoms with E-state index in [0.717, 1.165) is 11.3 Å². The van der Waals surface area contributed by atoms with Crippen LogP contribution in [0.3, 0.4) is 0 Å². The van der Waals surface area contributed by atoms with Crippen molar-refractivity contribution in [2.24, 2.45) is 0 Å². The third-order valence-electron chi connectivity index (χ3n) is 7.00. The molecule has 8 nitrogen and oxygen atoms in total. The molecule has 4 aromatic rings. The maximum Gasteiger partial charge on any atom is 0.388 e. The largest absolute Gasteiger partial charge is 0.451 e. The van der Waals surface area contributed by atoms with E-state index in [1.165, 1.54) is 24.4 Å². The van der Waals surface area contributed by atoms with Gasteiger partial charge in [0.05, 0.1) is 10.4 Å². The second kappa shape index (κ2) is 11.5. The van der Waals surface area contributed by atoms with E-state index >= 15 is 0 Å². The standard InChI is InChI=1S/C30H28F2N2O6S/c1-3-20-11-13-24(39-25-8-5-15-33-28(25)40-29(31)32)22(17-20)30(14-6-16-38-30)27(35)18-41(36,37)26-9-4-7-23-21(26)12-10-19(2)34-23/h4-5,7-13,15,17,29H,3,6,14,16,18H2,1-2H3/t30-/m1/s1. The number of hydrogen-bond donors (Lipinski definition) is 0. The summed E-state index contributed by atoms with van der Waals surface area (Å²) in [5, 5.41) is 0.424. The fourth-order valence-corrected chi connectivity index (χ4v) is 6.56. The van der Waals surface area contributed by atoms with E-state index in [2.05, 4.69) is 14.7 Å². The van der Waals surface area contributed by atoms with E-state index in [0.29, 0.717) is 29.3 Å². The average molecular weight is 583 g/mol. The molecular weight excluding hydrogens is 554 g/mol. The Morgan fingerprint density at radius 1 is 1.10 bits per heavy atom. The minimum absolute atomic E-state index is 0.00642. The lowest BCUT2D eigenvalue weighted by molar-refractivity contribution is -0.137. The number of carbonyl (C=O) groups excluding carboxylic acids is 1. The predicted octanol–water partition coefficient (Wildman–Crippen LogP) is 5.94. The number of ether oxygens (including phenoxy) is 3. The van der Waals surface area contributed by atoms with Gasteiger partial charge in [-0.3, -0.25) is 9.78 Å². The van der Waals surface area contributed by atoms with Crippen molar-refractivity contribution in [2.75, 3.05) is 12.4 Å².